The molecule has 1 aliphatic carbocycles. The Labute approximate surface area is 104 Å². The standard InChI is InChI=1S/C13H14N2OS/c16-13(12-8-14-17-15-12)11-6-2-5-10(7-11)9-3-1-4-9/h2,5-9,13,16H,1,3-4H2. The fraction of sp³-hybridized carbons (Fsp3) is 0.385. The van der Waals surface area contributed by atoms with Crippen LogP contribution >= 0.6 is 11.7 Å². The first-order valence-electron chi connectivity index (χ1n) is 5.90. The molecule has 1 aromatic carbocycles. The third kappa shape index (κ3) is 2.10. The number of rotatable bonds is 3. The first-order chi connectivity index (χ1) is 8.34. The van der Waals surface area contributed by atoms with Gasteiger partial charge in [-0.05, 0) is 29.9 Å². The van der Waals surface area contributed by atoms with Gasteiger partial charge in [-0.15, -0.1) is 0 Å². The summed E-state index contributed by atoms with van der Waals surface area (Å²) in [6.07, 6.45) is 4.86. The molecule has 2 aromatic rings. The number of nitrogens with zero attached hydrogens (tertiary/aromatic N) is 2. The molecule has 1 unspecified atom stereocenters. The van der Waals surface area contributed by atoms with Crippen molar-refractivity contribution in [1.82, 2.24) is 8.75 Å². The van der Waals surface area contributed by atoms with E-state index in [4.69, 9.17) is 0 Å². The summed E-state index contributed by atoms with van der Waals surface area (Å²) in [5, 5.41) is 10.2. The van der Waals surface area contributed by atoms with Gasteiger partial charge in [-0.2, -0.15) is 8.75 Å². The molecule has 1 saturated carbocycles. The van der Waals surface area contributed by atoms with Crippen molar-refractivity contribution in [2.75, 3.05) is 0 Å². The van der Waals surface area contributed by atoms with Gasteiger partial charge in [0.25, 0.3) is 0 Å². The van der Waals surface area contributed by atoms with E-state index in [9.17, 15) is 5.11 Å². The monoisotopic (exact) mass is 246 g/mol. The molecule has 3 rings (SSSR count). The smallest absolute Gasteiger partial charge is 0.124 e. The Hall–Kier alpha value is -1.26. The van der Waals surface area contributed by atoms with Crippen LogP contribution in [-0.4, -0.2) is 13.9 Å². The Bertz CT molecular complexity index is 494. The highest BCUT2D eigenvalue weighted by atomic mass is 32.1. The van der Waals surface area contributed by atoms with E-state index >= 15 is 0 Å². The average Bonchev–Trinajstić information content (AvgIpc) is 2.79. The number of aliphatic hydroxyl groups excluding tert-OH is 1. The van der Waals surface area contributed by atoms with Crippen molar-refractivity contribution in [2.24, 2.45) is 0 Å². The minimum Gasteiger partial charge on any atom is -0.382 e. The van der Waals surface area contributed by atoms with Crippen molar-refractivity contribution in [3.8, 4) is 0 Å². The Morgan fingerprint density at radius 2 is 2.24 bits per heavy atom. The molecule has 1 aliphatic rings. The van der Waals surface area contributed by atoms with Crippen molar-refractivity contribution in [1.29, 1.82) is 0 Å². The molecule has 0 radical (unpaired) electrons. The molecule has 4 heteroatoms. The van der Waals surface area contributed by atoms with Crippen LogP contribution in [0.25, 0.3) is 0 Å². The number of aromatic nitrogens is 2. The molecule has 3 nitrogen and oxygen atoms in total. The fourth-order valence-electron chi connectivity index (χ4n) is 2.19. The molecule has 0 saturated heterocycles. The van der Waals surface area contributed by atoms with Crippen LogP contribution in [0.1, 0.15) is 48.1 Å². The molecule has 0 spiro atoms. The summed E-state index contributed by atoms with van der Waals surface area (Å²) < 4.78 is 8.01. The van der Waals surface area contributed by atoms with Gasteiger partial charge < -0.3 is 5.11 Å². The van der Waals surface area contributed by atoms with E-state index in [1.54, 1.807) is 6.20 Å². The zero-order valence-corrected chi connectivity index (χ0v) is 10.2. The summed E-state index contributed by atoms with van der Waals surface area (Å²) in [5.74, 6) is 0.690. The molecule has 88 valence electrons. The summed E-state index contributed by atoms with van der Waals surface area (Å²) in [5.41, 5.74) is 2.90. The number of hydrogen-bond acceptors (Lipinski definition) is 4. The zero-order valence-electron chi connectivity index (χ0n) is 9.41. The molecule has 0 bridgehead atoms. The lowest BCUT2D eigenvalue weighted by Crippen LogP contribution is -2.09. The van der Waals surface area contributed by atoms with E-state index in [2.05, 4.69) is 20.9 Å². The van der Waals surface area contributed by atoms with E-state index in [0.29, 0.717) is 11.6 Å². The minimum atomic E-state index is -0.645. The van der Waals surface area contributed by atoms with Gasteiger partial charge in [0.15, 0.2) is 0 Å². The third-order valence-electron chi connectivity index (χ3n) is 3.46. The molecule has 0 amide bonds. The summed E-state index contributed by atoms with van der Waals surface area (Å²) in [4.78, 5) is 0. The number of benzene rings is 1. The molecular formula is C13H14N2OS. The van der Waals surface area contributed by atoms with E-state index in [1.165, 1.54) is 24.8 Å². The fourth-order valence-corrected chi connectivity index (χ4v) is 2.63. The second kappa shape index (κ2) is 4.55. The van der Waals surface area contributed by atoms with Crippen molar-refractivity contribution in [3.05, 3.63) is 47.3 Å². The van der Waals surface area contributed by atoms with Crippen LogP contribution in [-0.2, 0) is 0 Å². The van der Waals surface area contributed by atoms with Crippen LogP contribution in [0, 0.1) is 0 Å². The normalized spacial score (nSPS) is 17.7. The second-order valence-electron chi connectivity index (χ2n) is 4.53. The summed E-state index contributed by atoms with van der Waals surface area (Å²) in [7, 11) is 0. The van der Waals surface area contributed by atoms with Crippen LogP contribution < -0.4 is 0 Å². The van der Waals surface area contributed by atoms with Gasteiger partial charge in [0.2, 0.25) is 0 Å². The highest BCUT2D eigenvalue weighted by molar-refractivity contribution is 6.99. The van der Waals surface area contributed by atoms with Gasteiger partial charge in [-0.25, -0.2) is 0 Å². The van der Waals surface area contributed by atoms with Gasteiger partial charge in [0.05, 0.1) is 17.9 Å². The Morgan fingerprint density at radius 3 is 2.88 bits per heavy atom. The summed E-state index contributed by atoms with van der Waals surface area (Å²) in [6, 6.07) is 8.23. The second-order valence-corrected chi connectivity index (χ2v) is 5.09. The number of hydrogen-bond donors (Lipinski definition) is 1. The van der Waals surface area contributed by atoms with Crippen LogP contribution in [0.3, 0.4) is 0 Å². The lowest BCUT2D eigenvalue weighted by molar-refractivity contribution is 0.216. The van der Waals surface area contributed by atoms with Gasteiger partial charge >= 0.3 is 0 Å². The van der Waals surface area contributed by atoms with E-state index < -0.39 is 6.10 Å². The Balaban J connectivity index is 1.87. The minimum absolute atomic E-state index is 0.640. The molecule has 1 aromatic heterocycles. The third-order valence-corrected chi connectivity index (χ3v) is 3.95. The SMILES string of the molecule is OC(c1cccc(C2CCC2)c1)c1cnsn1. The maximum Gasteiger partial charge on any atom is 0.124 e. The largest absolute Gasteiger partial charge is 0.382 e. The maximum atomic E-state index is 10.2. The van der Waals surface area contributed by atoms with Crippen molar-refractivity contribution in [3.63, 3.8) is 0 Å². The van der Waals surface area contributed by atoms with Gasteiger partial charge in [0.1, 0.15) is 11.8 Å². The topological polar surface area (TPSA) is 46.0 Å². The van der Waals surface area contributed by atoms with Crippen LogP contribution in [0.2, 0.25) is 0 Å². The molecule has 1 heterocycles. The van der Waals surface area contributed by atoms with Gasteiger partial charge in [-0.3, -0.25) is 0 Å². The lowest BCUT2D eigenvalue weighted by atomic mass is 9.79. The summed E-state index contributed by atoms with van der Waals surface area (Å²) in [6.45, 7) is 0. The molecule has 1 atom stereocenters. The van der Waals surface area contributed by atoms with Crippen molar-refractivity contribution in [2.45, 2.75) is 31.3 Å². The predicted octanol–water partition coefficient (Wildman–Crippen LogP) is 2.89. The van der Waals surface area contributed by atoms with Crippen LogP contribution in [0.5, 0.6) is 0 Å². The van der Waals surface area contributed by atoms with E-state index in [0.717, 1.165) is 17.3 Å². The Morgan fingerprint density at radius 1 is 1.35 bits per heavy atom. The molecule has 17 heavy (non-hydrogen) atoms. The predicted molar refractivity (Wildman–Crippen MR) is 67.0 cm³/mol. The highest BCUT2D eigenvalue weighted by Gasteiger charge is 2.21. The van der Waals surface area contributed by atoms with E-state index in [-0.39, 0.29) is 0 Å². The van der Waals surface area contributed by atoms with Crippen molar-refractivity contribution < 1.29 is 5.11 Å². The average molecular weight is 246 g/mol. The van der Waals surface area contributed by atoms with Crippen LogP contribution in [0.15, 0.2) is 30.5 Å². The van der Waals surface area contributed by atoms with Crippen LogP contribution in [0.4, 0.5) is 0 Å². The maximum absolute atomic E-state index is 10.2. The molecule has 1 N–H and O–H groups in total. The van der Waals surface area contributed by atoms with Gasteiger partial charge in [-0.1, -0.05) is 30.7 Å². The van der Waals surface area contributed by atoms with Crippen molar-refractivity contribution >= 4 is 11.7 Å². The highest BCUT2D eigenvalue weighted by Crippen LogP contribution is 2.37. The lowest BCUT2D eigenvalue weighted by Gasteiger charge is -2.26. The molecular weight excluding hydrogens is 232 g/mol. The molecule has 0 aliphatic heterocycles. The first-order valence-corrected chi connectivity index (χ1v) is 6.63. The van der Waals surface area contributed by atoms with E-state index in [1.807, 2.05) is 12.1 Å². The quantitative estimate of drug-likeness (QED) is 0.905. The zero-order chi connectivity index (χ0) is 11.7. The first kappa shape index (κ1) is 10.9. The number of aliphatic hydroxyl groups is 1. The molecule has 1 fully saturated rings. The Kier molecular flexibility index (Phi) is 2.91. The summed E-state index contributed by atoms with van der Waals surface area (Å²) >= 11 is 1.13. The van der Waals surface area contributed by atoms with Gasteiger partial charge in [0, 0.05) is 0 Å².